The van der Waals surface area contributed by atoms with Gasteiger partial charge in [-0.25, -0.2) is 0 Å². The molecule has 2 rings (SSSR count). The molecular formula is C14H24N4. The van der Waals surface area contributed by atoms with Crippen LogP contribution in [-0.4, -0.2) is 50.2 Å². The minimum Gasteiger partial charge on any atom is -0.370 e. The Hall–Kier alpha value is -1.13. The van der Waals surface area contributed by atoms with Gasteiger partial charge >= 0.3 is 0 Å². The van der Waals surface area contributed by atoms with Gasteiger partial charge in [0.1, 0.15) is 0 Å². The standard InChI is InChI=1S/C14H24N4/c1-11-9-18(10-14(11)17(3)4)13-5-6-16-12(7-13)8-15-2/h5-7,11,14-15H,8-10H2,1-4H3. The van der Waals surface area contributed by atoms with E-state index >= 15 is 0 Å². The average Bonchev–Trinajstić information content (AvgIpc) is 2.72. The molecule has 1 aliphatic rings. The molecular weight excluding hydrogens is 224 g/mol. The van der Waals surface area contributed by atoms with Gasteiger partial charge < -0.3 is 15.1 Å². The summed E-state index contributed by atoms with van der Waals surface area (Å²) in [5.41, 5.74) is 2.41. The van der Waals surface area contributed by atoms with Crippen LogP contribution in [0.2, 0.25) is 0 Å². The first-order chi connectivity index (χ1) is 8.61. The summed E-state index contributed by atoms with van der Waals surface area (Å²) in [4.78, 5) is 9.18. The van der Waals surface area contributed by atoms with Crippen molar-refractivity contribution in [3.63, 3.8) is 0 Å². The number of aromatic nitrogens is 1. The van der Waals surface area contributed by atoms with Crippen LogP contribution in [0.3, 0.4) is 0 Å². The number of anilines is 1. The Morgan fingerprint density at radius 2 is 2.22 bits per heavy atom. The molecule has 18 heavy (non-hydrogen) atoms. The Kier molecular flexibility index (Phi) is 4.19. The Morgan fingerprint density at radius 3 is 2.83 bits per heavy atom. The van der Waals surface area contributed by atoms with Crippen LogP contribution in [0.1, 0.15) is 12.6 Å². The monoisotopic (exact) mass is 248 g/mol. The van der Waals surface area contributed by atoms with Gasteiger partial charge in [-0.2, -0.15) is 0 Å². The molecule has 0 radical (unpaired) electrons. The summed E-state index contributed by atoms with van der Waals surface area (Å²) in [6.07, 6.45) is 1.91. The van der Waals surface area contributed by atoms with Crippen molar-refractivity contribution in [2.75, 3.05) is 39.1 Å². The summed E-state index contributed by atoms with van der Waals surface area (Å²) in [6, 6.07) is 4.96. The van der Waals surface area contributed by atoms with Crippen molar-refractivity contribution in [3.8, 4) is 0 Å². The fourth-order valence-electron chi connectivity index (χ4n) is 2.77. The van der Waals surface area contributed by atoms with Gasteiger partial charge in [0.15, 0.2) is 0 Å². The highest BCUT2D eigenvalue weighted by atomic mass is 15.2. The van der Waals surface area contributed by atoms with Gasteiger partial charge in [-0.1, -0.05) is 6.92 Å². The smallest absolute Gasteiger partial charge is 0.0562 e. The molecule has 2 atom stereocenters. The van der Waals surface area contributed by atoms with Crippen molar-refractivity contribution < 1.29 is 0 Å². The van der Waals surface area contributed by atoms with E-state index in [9.17, 15) is 0 Å². The zero-order chi connectivity index (χ0) is 13.1. The fraction of sp³-hybridized carbons (Fsp3) is 0.643. The summed E-state index contributed by atoms with van der Waals surface area (Å²) >= 11 is 0. The third-order valence-electron chi connectivity index (χ3n) is 3.76. The molecule has 0 aliphatic carbocycles. The van der Waals surface area contributed by atoms with E-state index < -0.39 is 0 Å². The molecule has 1 saturated heterocycles. The van der Waals surface area contributed by atoms with Crippen LogP contribution in [0.4, 0.5) is 5.69 Å². The third-order valence-corrected chi connectivity index (χ3v) is 3.76. The number of hydrogen-bond donors (Lipinski definition) is 1. The highest BCUT2D eigenvalue weighted by Crippen LogP contribution is 2.26. The van der Waals surface area contributed by atoms with Crippen molar-refractivity contribution in [2.24, 2.45) is 5.92 Å². The molecule has 1 N–H and O–H groups in total. The predicted octanol–water partition coefficient (Wildman–Crippen LogP) is 1.19. The Labute approximate surface area is 110 Å². The molecule has 4 nitrogen and oxygen atoms in total. The second-order valence-electron chi connectivity index (χ2n) is 5.45. The van der Waals surface area contributed by atoms with Crippen LogP contribution in [0.15, 0.2) is 18.3 Å². The Bertz CT molecular complexity index is 391. The lowest BCUT2D eigenvalue weighted by Crippen LogP contribution is -2.34. The van der Waals surface area contributed by atoms with Crippen LogP contribution < -0.4 is 10.2 Å². The van der Waals surface area contributed by atoms with Gasteiger partial charge in [-0.05, 0) is 39.2 Å². The first-order valence-electron chi connectivity index (χ1n) is 6.62. The minimum atomic E-state index is 0.644. The molecule has 1 fully saturated rings. The molecule has 2 heterocycles. The van der Waals surface area contributed by atoms with E-state index in [0.29, 0.717) is 12.0 Å². The summed E-state index contributed by atoms with van der Waals surface area (Å²) in [5.74, 6) is 0.709. The van der Waals surface area contributed by atoms with Gasteiger partial charge in [-0.15, -0.1) is 0 Å². The van der Waals surface area contributed by atoms with Crippen LogP contribution in [0, 0.1) is 5.92 Å². The van der Waals surface area contributed by atoms with E-state index in [4.69, 9.17) is 0 Å². The molecule has 0 saturated carbocycles. The summed E-state index contributed by atoms with van der Waals surface area (Å²) in [7, 11) is 6.29. The molecule has 0 spiro atoms. The number of likely N-dealkylation sites (N-methyl/N-ethyl adjacent to an activating group) is 1. The number of rotatable bonds is 4. The fourth-order valence-corrected chi connectivity index (χ4v) is 2.77. The second-order valence-corrected chi connectivity index (χ2v) is 5.45. The molecule has 1 aromatic rings. The maximum absolute atomic E-state index is 4.37. The van der Waals surface area contributed by atoms with Crippen molar-refractivity contribution in [1.82, 2.24) is 15.2 Å². The topological polar surface area (TPSA) is 31.4 Å². The molecule has 1 aliphatic heterocycles. The minimum absolute atomic E-state index is 0.644. The quantitative estimate of drug-likeness (QED) is 0.867. The highest BCUT2D eigenvalue weighted by Gasteiger charge is 2.31. The lowest BCUT2D eigenvalue weighted by atomic mass is 10.1. The average molecular weight is 248 g/mol. The van der Waals surface area contributed by atoms with E-state index in [1.165, 1.54) is 5.69 Å². The normalized spacial score (nSPS) is 23.9. The van der Waals surface area contributed by atoms with Gasteiger partial charge in [0.25, 0.3) is 0 Å². The number of pyridine rings is 1. The molecule has 1 aromatic heterocycles. The van der Waals surface area contributed by atoms with Crippen LogP contribution in [0.5, 0.6) is 0 Å². The van der Waals surface area contributed by atoms with E-state index in [-0.39, 0.29) is 0 Å². The lowest BCUT2D eigenvalue weighted by Gasteiger charge is -2.23. The third kappa shape index (κ3) is 2.82. The maximum Gasteiger partial charge on any atom is 0.0562 e. The first-order valence-corrected chi connectivity index (χ1v) is 6.62. The molecule has 2 unspecified atom stereocenters. The summed E-state index contributed by atoms with van der Waals surface area (Å²) < 4.78 is 0. The largest absolute Gasteiger partial charge is 0.370 e. The van der Waals surface area contributed by atoms with Crippen LogP contribution in [0.25, 0.3) is 0 Å². The number of nitrogens with one attached hydrogen (secondary N) is 1. The zero-order valence-electron chi connectivity index (χ0n) is 11.8. The van der Waals surface area contributed by atoms with Crippen molar-refractivity contribution in [1.29, 1.82) is 0 Å². The van der Waals surface area contributed by atoms with Crippen molar-refractivity contribution in [2.45, 2.75) is 19.5 Å². The molecule has 0 bridgehead atoms. The van der Waals surface area contributed by atoms with Crippen LogP contribution >= 0.6 is 0 Å². The predicted molar refractivity (Wildman–Crippen MR) is 75.9 cm³/mol. The van der Waals surface area contributed by atoms with E-state index in [1.807, 2.05) is 13.2 Å². The number of hydrogen-bond acceptors (Lipinski definition) is 4. The Balaban J connectivity index is 2.11. The molecule has 0 amide bonds. The Morgan fingerprint density at radius 1 is 1.44 bits per heavy atom. The first kappa shape index (κ1) is 13.3. The summed E-state index contributed by atoms with van der Waals surface area (Å²) in [5, 5.41) is 3.15. The van der Waals surface area contributed by atoms with E-state index in [1.54, 1.807) is 0 Å². The van der Waals surface area contributed by atoms with Crippen LogP contribution in [-0.2, 0) is 6.54 Å². The number of nitrogens with zero attached hydrogens (tertiary/aromatic N) is 3. The van der Waals surface area contributed by atoms with Gasteiger partial charge in [0.05, 0.1) is 5.69 Å². The zero-order valence-corrected chi connectivity index (χ0v) is 11.8. The second kappa shape index (κ2) is 5.67. The summed E-state index contributed by atoms with van der Waals surface area (Å²) in [6.45, 7) is 5.40. The van der Waals surface area contributed by atoms with Gasteiger partial charge in [0.2, 0.25) is 0 Å². The molecule has 100 valence electrons. The molecule has 4 heteroatoms. The van der Waals surface area contributed by atoms with Crippen molar-refractivity contribution in [3.05, 3.63) is 24.0 Å². The maximum atomic E-state index is 4.37. The van der Waals surface area contributed by atoms with E-state index in [0.717, 1.165) is 25.3 Å². The van der Waals surface area contributed by atoms with E-state index in [2.05, 4.69) is 53.3 Å². The van der Waals surface area contributed by atoms with Gasteiger partial charge in [0, 0.05) is 37.6 Å². The van der Waals surface area contributed by atoms with Gasteiger partial charge in [-0.3, -0.25) is 4.98 Å². The lowest BCUT2D eigenvalue weighted by molar-refractivity contribution is 0.266. The highest BCUT2D eigenvalue weighted by molar-refractivity contribution is 5.48. The molecule has 0 aromatic carbocycles. The van der Waals surface area contributed by atoms with Crippen molar-refractivity contribution >= 4 is 5.69 Å². The SMILES string of the molecule is CNCc1cc(N2CC(C)C(N(C)C)C2)ccn1.